The molecule has 6 nitrogen and oxygen atoms in total. The van der Waals surface area contributed by atoms with Crippen LogP contribution in [0.4, 0.5) is 0 Å². The number of aliphatic carboxylic acids is 1. The first-order chi connectivity index (χ1) is 9.93. The maximum absolute atomic E-state index is 11.9. The minimum atomic E-state index is -0.969. The maximum atomic E-state index is 11.9. The molecule has 0 aliphatic carbocycles. The van der Waals surface area contributed by atoms with E-state index in [9.17, 15) is 14.4 Å². The second-order valence-corrected chi connectivity index (χ2v) is 4.77. The number of nitrogens with one attached hydrogen (secondary N) is 2. The van der Waals surface area contributed by atoms with Crippen molar-refractivity contribution in [3.63, 3.8) is 0 Å². The molecule has 114 valence electrons. The monoisotopic (exact) mass is 292 g/mol. The van der Waals surface area contributed by atoms with E-state index in [1.807, 2.05) is 0 Å². The first-order valence-electron chi connectivity index (χ1n) is 6.82. The van der Waals surface area contributed by atoms with Gasteiger partial charge in [-0.3, -0.25) is 14.4 Å². The Morgan fingerprint density at radius 1 is 1.14 bits per heavy atom. The van der Waals surface area contributed by atoms with Gasteiger partial charge in [-0.1, -0.05) is 25.1 Å². The highest BCUT2D eigenvalue weighted by molar-refractivity contribution is 5.97. The Morgan fingerprint density at radius 2 is 1.76 bits per heavy atom. The average molecular weight is 292 g/mol. The summed E-state index contributed by atoms with van der Waals surface area (Å²) in [5.74, 6) is -1.71. The second-order valence-electron chi connectivity index (χ2n) is 4.77. The van der Waals surface area contributed by atoms with Crippen LogP contribution in [0.25, 0.3) is 0 Å². The van der Waals surface area contributed by atoms with Gasteiger partial charge in [-0.05, 0) is 25.5 Å². The summed E-state index contributed by atoms with van der Waals surface area (Å²) in [6.07, 6.45) is 0.374. The van der Waals surface area contributed by atoms with Crippen LogP contribution in [0.5, 0.6) is 0 Å². The van der Waals surface area contributed by atoms with Crippen LogP contribution in [0, 0.1) is 0 Å². The van der Waals surface area contributed by atoms with E-state index in [1.165, 1.54) is 0 Å². The topological polar surface area (TPSA) is 95.5 Å². The zero-order valence-electron chi connectivity index (χ0n) is 12.1. The van der Waals surface area contributed by atoms with Gasteiger partial charge in [-0.15, -0.1) is 0 Å². The van der Waals surface area contributed by atoms with Gasteiger partial charge < -0.3 is 15.7 Å². The Hall–Kier alpha value is -2.37. The third-order valence-electron chi connectivity index (χ3n) is 3.04. The van der Waals surface area contributed by atoms with Crippen molar-refractivity contribution in [3.05, 3.63) is 35.9 Å². The molecule has 1 rings (SSSR count). The van der Waals surface area contributed by atoms with E-state index in [1.54, 1.807) is 44.2 Å². The van der Waals surface area contributed by atoms with Crippen molar-refractivity contribution in [2.45, 2.75) is 38.8 Å². The number of hydrogen-bond donors (Lipinski definition) is 3. The number of benzene rings is 1. The molecule has 3 N–H and O–H groups in total. The van der Waals surface area contributed by atoms with Crippen molar-refractivity contribution in [1.29, 1.82) is 0 Å². The Labute approximate surface area is 123 Å². The molecule has 0 heterocycles. The van der Waals surface area contributed by atoms with Gasteiger partial charge in [-0.25, -0.2) is 0 Å². The van der Waals surface area contributed by atoms with E-state index in [0.717, 1.165) is 0 Å². The normalized spacial score (nSPS) is 13.0. The molecule has 0 spiro atoms. The molecule has 6 heteroatoms. The molecule has 0 aliphatic rings. The molecular formula is C15H20N2O4. The zero-order valence-corrected chi connectivity index (χ0v) is 12.1. The molecule has 0 aliphatic heterocycles. The zero-order chi connectivity index (χ0) is 15.8. The molecule has 2 unspecified atom stereocenters. The Morgan fingerprint density at radius 3 is 2.29 bits per heavy atom. The van der Waals surface area contributed by atoms with Crippen LogP contribution < -0.4 is 10.6 Å². The summed E-state index contributed by atoms with van der Waals surface area (Å²) in [6.45, 7) is 3.35. The standard InChI is InChI=1S/C15H20N2O4/c1-3-12(9-13(18)19)17-14(20)10(2)16-15(21)11-7-5-4-6-8-11/h4-8,10,12H,3,9H2,1-2H3,(H,16,21)(H,17,20)(H,18,19). The van der Waals surface area contributed by atoms with Crippen LogP contribution in [-0.2, 0) is 9.59 Å². The third kappa shape index (κ3) is 5.64. The van der Waals surface area contributed by atoms with Gasteiger partial charge >= 0.3 is 5.97 Å². The van der Waals surface area contributed by atoms with E-state index in [2.05, 4.69) is 10.6 Å². The first-order valence-corrected chi connectivity index (χ1v) is 6.82. The number of carboxylic acid groups (broad SMARTS) is 1. The van der Waals surface area contributed by atoms with Gasteiger partial charge in [-0.2, -0.15) is 0 Å². The number of carbonyl (C=O) groups is 3. The van der Waals surface area contributed by atoms with Crippen LogP contribution >= 0.6 is 0 Å². The van der Waals surface area contributed by atoms with E-state index < -0.39 is 24.0 Å². The molecule has 21 heavy (non-hydrogen) atoms. The molecule has 0 saturated heterocycles. The van der Waals surface area contributed by atoms with E-state index in [-0.39, 0.29) is 12.3 Å². The van der Waals surface area contributed by atoms with E-state index in [4.69, 9.17) is 5.11 Å². The SMILES string of the molecule is CCC(CC(=O)O)NC(=O)C(C)NC(=O)c1ccccc1. The fraction of sp³-hybridized carbons (Fsp3) is 0.400. The van der Waals surface area contributed by atoms with Crippen LogP contribution in [0.1, 0.15) is 37.0 Å². The van der Waals surface area contributed by atoms with Gasteiger partial charge in [0.25, 0.3) is 5.91 Å². The lowest BCUT2D eigenvalue weighted by Gasteiger charge is -2.19. The summed E-state index contributed by atoms with van der Waals surface area (Å²) in [4.78, 5) is 34.5. The summed E-state index contributed by atoms with van der Waals surface area (Å²) in [5.41, 5.74) is 0.467. The average Bonchev–Trinajstić information content (AvgIpc) is 2.46. The molecule has 0 bridgehead atoms. The van der Waals surface area contributed by atoms with Gasteiger partial charge in [0, 0.05) is 11.6 Å². The van der Waals surface area contributed by atoms with Crippen molar-refractivity contribution in [2.24, 2.45) is 0 Å². The number of hydrogen-bond acceptors (Lipinski definition) is 3. The third-order valence-corrected chi connectivity index (χ3v) is 3.04. The van der Waals surface area contributed by atoms with Gasteiger partial charge in [0.15, 0.2) is 0 Å². The van der Waals surface area contributed by atoms with Crippen molar-refractivity contribution >= 4 is 17.8 Å². The summed E-state index contributed by atoms with van der Waals surface area (Å²) >= 11 is 0. The van der Waals surface area contributed by atoms with Gasteiger partial charge in [0.05, 0.1) is 6.42 Å². The molecule has 0 aromatic heterocycles. The smallest absolute Gasteiger partial charge is 0.305 e. The van der Waals surface area contributed by atoms with Crippen molar-refractivity contribution in [1.82, 2.24) is 10.6 Å². The Balaban J connectivity index is 2.54. The van der Waals surface area contributed by atoms with Crippen molar-refractivity contribution in [2.75, 3.05) is 0 Å². The van der Waals surface area contributed by atoms with Gasteiger partial charge in [0.2, 0.25) is 5.91 Å². The van der Waals surface area contributed by atoms with Crippen LogP contribution in [0.2, 0.25) is 0 Å². The fourth-order valence-corrected chi connectivity index (χ4v) is 1.77. The van der Waals surface area contributed by atoms with E-state index >= 15 is 0 Å². The molecule has 0 fully saturated rings. The Kier molecular flexibility index (Phi) is 6.39. The molecule has 0 radical (unpaired) electrons. The summed E-state index contributed by atoms with van der Waals surface area (Å²) in [6, 6.07) is 7.40. The predicted octanol–water partition coefficient (Wildman–Crippen LogP) is 1.17. The highest BCUT2D eigenvalue weighted by atomic mass is 16.4. The van der Waals surface area contributed by atoms with Gasteiger partial charge in [0.1, 0.15) is 6.04 Å². The minimum absolute atomic E-state index is 0.137. The fourth-order valence-electron chi connectivity index (χ4n) is 1.77. The molecule has 0 saturated carbocycles. The predicted molar refractivity (Wildman–Crippen MR) is 77.8 cm³/mol. The Bertz CT molecular complexity index is 502. The largest absolute Gasteiger partial charge is 0.481 e. The summed E-state index contributed by atoms with van der Waals surface area (Å²) in [5, 5.41) is 13.9. The lowest BCUT2D eigenvalue weighted by molar-refractivity contribution is -0.137. The van der Waals surface area contributed by atoms with E-state index in [0.29, 0.717) is 12.0 Å². The highest BCUT2D eigenvalue weighted by Crippen LogP contribution is 2.01. The molecule has 1 aromatic carbocycles. The van der Waals surface area contributed by atoms with Crippen molar-refractivity contribution in [3.8, 4) is 0 Å². The van der Waals surface area contributed by atoms with Crippen LogP contribution in [0.3, 0.4) is 0 Å². The van der Waals surface area contributed by atoms with Crippen LogP contribution in [-0.4, -0.2) is 35.0 Å². The summed E-state index contributed by atoms with van der Waals surface area (Å²) < 4.78 is 0. The van der Waals surface area contributed by atoms with Crippen molar-refractivity contribution < 1.29 is 19.5 Å². The van der Waals surface area contributed by atoms with Crippen LogP contribution in [0.15, 0.2) is 30.3 Å². The highest BCUT2D eigenvalue weighted by Gasteiger charge is 2.20. The lowest BCUT2D eigenvalue weighted by Crippen LogP contribution is -2.48. The first kappa shape index (κ1) is 16.7. The second kappa shape index (κ2) is 8.04. The number of amides is 2. The minimum Gasteiger partial charge on any atom is -0.481 e. The number of carboxylic acids is 1. The molecule has 2 atom stereocenters. The lowest BCUT2D eigenvalue weighted by atomic mass is 10.1. The summed E-state index contributed by atoms with van der Waals surface area (Å²) in [7, 11) is 0. The quantitative estimate of drug-likeness (QED) is 0.703. The molecule has 2 amide bonds. The maximum Gasteiger partial charge on any atom is 0.305 e. The number of carbonyl (C=O) groups excluding carboxylic acids is 2. The number of rotatable bonds is 7. The molecular weight excluding hydrogens is 272 g/mol. The molecule has 1 aromatic rings.